The number of nitrogens with one attached hydrogen (secondary N) is 2. The SMILES string of the molecule is O=C(N[C@@H]1CC[C@@H](c2cccc(F)c2F)Cn2c(CC(F)(F)F)cnc21)N1CCC(n2c(=O)[nH]c3ncc(F)cc32)CC1. The van der Waals surface area contributed by atoms with E-state index in [4.69, 9.17) is 0 Å². The van der Waals surface area contributed by atoms with Crippen LogP contribution in [0.4, 0.5) is 31.1 Å². The molecular weight excluding hydrogens is 580 g/mol. The molecule has 0 spiro atoms. The molecule has 2 aliphatic heterocycles. The molecule has 6 rings (SSSR count). The van der Waals surface area contributed by atoms with Gasteiger partial charge in [-0.05, 0) is 37.3 Å². The largest absolute Gasteiger partial charge is 0.394 e. The van der Waals surface area contributed by atoms with Crippen LogP contribution in [0, 0.1) is 17.5 Å². The predicted octanol–water partition coefficient (Wildman–Crippen LogP) is 5.11. The van der Waals surface area contributed by atoms with Crippen molar-refractivity contribution < 1.29 is 31.1 Å². The number of hydrogen-bond donors (Lipinski definition) is 2. The van der Waals surface area contributed by atoms with E-state index in [1.165, 1.54) is 32.2 Å². The van der Waals surface area contributed by atoms with Crippen molar-refractivity contribution in [3.8, 4) is 0 Å². The first kappa shape index (κ1) is 28.8. The van der Waals surface area contributed by atoms with Crippen molar-refractivity contribution in [1.29, 1.82) is 0 Å². The lowest BCUT2D eigenvalue weighted by atomic mass is 9.92. The van der Waals surface area contributed by atoms with Crippen LogP contribution < -0.4 is 11.0 Å². The summed E-state index contributed by atoms with van der Waals surface area (Å²) in [6.45, 7) is 0.458. The quantitative estimate of drug-likeness (QED) is 0.315. The zero-order chi connectivity index (χ0) is 30.5. The van der Waals surface area contributed by atoms with Gasteiger partial charge in [-0.3, -0.25) is 9.55 Å². The van der Waals surface area contributed by atoms with Crippen LogP contribution >= 0.6 is 0 Å². The van der Waals surface area contributed by atoms with Crippen LogP contribution in [0.3, 0.4) is 0 Å². The van der Waals surface area contributed by atoms with E-state index in [2.05, 4.69) is 20.3 Å². The van der Waals surface area contributed by atoms with Gasteiger partial charge in [0.15, 0.2) is 17.3 Å². The number of amides is 2. The molecule has 2 aliphatic rings. The Bertz CT molecular complexity index is 1720. The van der Waals surface area contributed by atoms with E-state index in [1.54, 1.807) is 0 Å². The number of H-pyrrole nitrogens is 1. The lowest BCUT2D eigenvalue weighted by Crippen LogP contribution is -2.46. The lowest BCUT2D eigenvalue weighted by molar-refractivity contribution is -0.128. The number of urea groups is 1. The highest BCUT2D eigenvalue weighted by molar-refractivity contribution is 5.75. The monoisotopic (exact) mass is 607 g/mol. The molecule has 0 aliphatic carbocycles. The second-order valence-electron chi connectivity index (χ2n) is 11.0. The number of hydrogen-bond acceptors (Lipinski definition) is 4. The van der Waals surface area contributed by atoms with Crippen molar-refractivity contribution >= 4 is 17.2 Å². The number of carbonyl (C=O) groups is 1. The van der Waals surface area contributed by atoms with Gasteiger partial charge in [0.05, 0.1) is 24.2 Å². The number of piperidine rings is 1. The number of halogens is 6. The number of fused-ring (bicyclic) bond motifs is 2. The second-order valence-corrected chi connectivity index (χ2v) is 11.0. The molecule has 43 heavy (non-hydrogen) atoms. The fourth-order valence-corrected chi connectivity index (χ4v) is 6.21. The molecule has 1 saturated heterocycles. The maximum Gasteiger partial charge on any atom is 0.394 e. The van der Waals surface area contributed by atoms with Crippen LogP contribution in [-0.2, 0) is 13.0 Å². The number of imidazole rings is 2. The zero-order valence-corrected chi connectivity index (χ0v) is 22.7. The summed E-state index contributed by atoms with van der Waals surface area (Å²) in [6, 6.07) is 3.41. The van der Waals surface area contributed by atoms with Gasteiger partial charge >= 0.3 is 17.9 Å². The van der Waals surface area contributed by atoms with Gasteiger partial charge in [-0.1, -0.05) is 12.1 Å². The number of aromatic amines is 1. The minimum atomic E-state index is -4.53. The van der Waals surface area contributed by atoms with Gasteiger partial charge in [0.2, 0.25) is 0 Å². The molecule has 0 unspecified atom stereocenters. The molecular formula is C28H27F6N7O2. The summed E-state index contributed by atoms with van der Waals surface area (Å²) in [6.07, 6.45) is -2.39. The summed E-state index contributed by atoms with van der Waals surface area (Å²) < 4.78 is 85.4. The van der Waals surface area contributed by atoms with Crippen molar-refractivity contribution in [2.24, 2.45) is 0 Å². The molecule has 5 heterocycles. The number of likely N-dealkylation sites (tertiary alicyclic amines) is 1. The Morgan fingerprint density at radius 2 is 1.81 bits per heavy atom. The first-order valence-electron chi connectivity index (χ1n) is 13.8. The molecule has 0 bridgehead atoms. The Hall–Kier alpha value is -4.30. The molecule has 9 nitrogen and oxygen atoms in total. The van der Waals surface area contributed by atoms with E-state index in [0.29, 0.717) is 18.4 Å². The Balaban J connectivity index is 1.20. The standard InChI is InChI=1S/C28H27F6N7O2/c29-16-10-22-24(35-12-16)38-27(43)41(22)17-6-8-39(9-7-17)26(42)37-21-5-4-15(19-2-1-3-20(30)23(19)31)14-40-18(11-28(32,33)34)13-36-25(21)40/h1-3,10,12-13,15,17,21H,4-9,11,14H2,(H,37,42)(H,35,38,43)/t15-,21-/m1/s1. The molecule has 2 amide bonds. The Labute approximate surface area is 240 Å². The minimum Gasteiger partial charge on any atom is -0.329 e. The van der Waals surface area contributed by atoms with Gasteiger partial charge in [0.1, 0.15) is 11.6 Å². The Morgan fingerprint density at radius 1 is 1.05 bits per heavy atom. The normalized spacial score (nSPS) is 19.8. The van der Waals surface area contributed by atoms with Crippen molar-refractivity contribution in [1.82, 2.24) is 34.3 Å². The fourth-order valence-electron chi connectivity index (χ4n) is 6.21. The summed E-state index contributed by atoms with van der Waals surface area (Å²) in [5.74, 6) is -3.12. The number of pyridine rings is 1. The Morgan fingerprint density at radius 3 is 2.56 bits per heavy atom. The van der Waals surface area contributed by atoms with Crippen LogP contribution in [0.1, 0.15) is 60.8 Å². The number of carbonyl (C=O) groups excluding carboxylic acids is 1. The molecule has 2 N–H and O–H groups in total. The molecule has 228 valence electrons. The predicted molar refractivity (Wildman–Crippen MR) is 142 cm³/mol. The van der Waals surface area contributed by atoms with E-state index in [9.17, 15) is 35.9 Å². The van der Waals surface area contributed by atoms with Crippen molar-refractivity contribution in [2.45, 2.75) is 62.8 Å². The third kappa shape index (κ3) is 5.71. The van der Waals surface area contributed by atoms with E-state index in [1.807, 2.05) is 0 Å². The molecule has 0 radical (unpaired) electrons. The smallest absolute Gasteiger partial charge is 0.329 e. The van der Waals surface area contributed by atoms with Gasteiger partial charge in [0.25, 0.3) is 0 Å². The fraction of sp³-hybridized carbons (Fsp3) is 0.429. The lowest BCUT2D eigenvalue weighted by Gasteiger charge is -2.33. The summed E-state index contributed by atoms with van der Waals surface area (Å²) in [7, 11) is 0. The summed E-state index contributed by atoms with van der Waals surface area (Å²) >= 11 is 0. The zero-order valence-electron chi connectivity index (χ0n) is 22.7. The van der Waals surface area contributed by atoms with Gasteiger partial charge in [0, 0.05) is 49.6 Å². The number of aromatic nitrogens is 5. The first-order valence-corrected chi connectivity index (χ1v) is 13.8. The van der Waals surface area contributed by atoms with Crippen LogP contribution in [-0.4, -0.2) is 54.3 Å². The first-order chi connectivity index (χ1) is 20.5. The summed E-state index contributed by atoms with van der Waals surface area (Å²) in [5.41, 5.74) is 0.0739. The number of rotatable bonds is 4. The number of nitrogens with zero attached hydrogens (tertiary/aromatic N) is 5. The highest BCUT2D eigenvalue weighted by Gasteiger charge is 2.36. The van der Waals surface area contributed by atoms with Crippen LogP contribution in [0.5, 0.6) is 0 Å². The highest BCUT2D eigenvalue weighted by atomic mass is 19.4. The molecule has 2 atom stereocenters. The van der Waals surface area contributed by atoms with E-state index < -0.39 is 53.7 Å². The summed E-state index contributed by atoms with van der Waals surface area (Å²) in [5, 5.41) is 2.88. The topological polar surface area (TPSA) is 101 Å². The van der Waals surface area contributed by atoms with Gasteiger partial charge in [-0.25, -0.2) is 32.7 Å². The highest BCUT2D eigenvalue weighted by Crippen LogP contribution is 2.36. The number of alkyl halides is 3. The molecule has 1 aromatic carbocycles. The van der Waals surface area contributed by atoms with E-state index in [0.717, 1.165) is 18.5 Å². The molecule has 0 saturated carbocycles. The maximum absolute atomic E-state index is 14.7. The molecule has 3 aromatic heterocycles. The Kier molecular flexibility index (Phi) is 7.42. The minimum absolute atomic E-state index is 0.0502. The van der Waals surface area contributed by atoms with Crippen LogP contribution in [0.25, 0.3) is 11.2 Å². The maximum atomic E-state index is 14.7. The second kappa shape index (κ2) is 11.1. The van der Waals surface area contributed by atoms with E-state index in [-0.39, 0.29) is 61.2 Å². The van der Waals surface area contributed by atoms with Crippen molar-refractivity contribution in [3.05, 3.63) is 81.7 Å². The van der Waals surface area contributed by atoms with Crippen LogP contribution in [0.2, 0.25) is 0 Å². The van der Waals surface area contributed by atoms with Gasteiger partial charge in [-0.2, -0.15) is 13.2 Å². The molecule has 4 aromatic rings. The van der Waals surface area contributed by atoms with Crippen LogP contribution in [0.15, 0.2) is 41.5 Å². The van der Waals surface area contributed by atoms with Gasteiger partial charge in [-0.15, -0.1) is 0 Å². The molecule has 1 fully saturated rings. The number of benzene rings is 1. The average molecular weight is 608 g/mol. The van der Waals surface area contributed by atoms with Crippen molar-refractivity contribution in [2.75, 3.05) is 13.1 Å². The van der Waals surface area contributed by atoms with Gasteiger partial charge < -0.3 is 14.8 Å². The van der Waals surface area contributed by atoms with E-state index >= 15 is 0 Å². The third-order valence-electron chi connectivity index (χ3n) is 8.24. The average Bonchev–Trinajstić information content (AvgIpc) is 3.43. The molecule has 15 heteroatoms. The summed E-state index contributed by atoms with van der Waals surface area (Å²) in [4.78, 5) is 38.2. The third-order valence-corrected chi connectivity index (χ3v) is 8.24. The van der Waals surface area contributed by atoms with Crippen molar-refractivity contribution in [3.63, 3.8) is 0 Å².